The predicted octanol–water partition coefficient (Wildman–Crippen LogP) is 5.04. The van der Waals surface area contributed by atoms with Crippen molar-refractivity contribution in [1.29, 1.82) is 0 Å². The van der Waals surface area contributed by atoms with E-state index in [2.05, 4.69) is 15.6 Å². The van der Waals surface area contributed by atoms with Crippen LogP contribution in [0, 0.1) is 23.6 Å². The van der Waals surface area contributed by atoms with Gasteiger partial charge in [-0.05, 0) is 48.6 Å². The number of alkyl halides is 4. The summed E-state index contributed by atoms with van der Waals surface area (Å²) >= 11 is 6.29. The van der Waals surface area contributed by atoms with Gasteiger partial charge in [-0.15, -0.1) is 0 Å². The first-order valence-corrected chi connectivity index (χ1v) is 12.9. The molecule has 2 aromatic rings. The van der Waals surface area contributed by atoms with Gasteiger partial charge in [0.05, 0.1) is 16.4 Å². The summed E-state index contributed by atoms with van der Waals surface area (Å²) in [4.78, 5) is 43.1. The van der Waals surface area contributed by atoms with Gasteiger partial charge in [-0.3, -0.25) is 14.4 Å². The van der Waals surface area contributed by atoms with Crippen molar-refractivity contribution in [2.24, 2.45) is 28.5 Å². The molecule has 0 aromatic heterocycles. The molecule has 0 unspecified atom stereocenters. The SMILES string of the molecule is NC(=O)[C@@H](CC1CC1)[C@@H](CCC(F)(F)F)C(=O)N[C@H]1N=C(c2cc(F)cc(CF)c2)c2cccc(Cl)c2NC1=O. The second-order valence-corrected chi connectivity index (χ2v) is 10.4. The predicted molar refractivity (Wildman–Crippen MR) is 138 cm³/mol. The molecule has 1 saturated carbocycles. The first-order chi connectivity index (χ1) is 18.9. The summed E-state index contributed by atoms with van der Waals surface area (Å²) in [5.41, 5.74) is 5.87. The molecule has 2 aliphatic rings. The molecule has 1 fully saturated rings. The minimum Gasteiger partial charge on any atom is -0.369 e. The zero-order valence-corrected chi connectivity index (χ0v) is 21.8. The van der Waals surface area contributed by atoms with E-state index in [1.807, 2.05) is 0 Å². The number of hydrogen-bond acceptors (Lipinski definition) is 4. The summed E-state index contributed by atoms with van der Waals surface area (Å²) in [6, 6.07) is 7.89. The number of carbonyl (C=O) groups is 3. The van der Waals surface area contributed by atoms with Gasteiger partial charge in [-0.25, -0.2) is 13.8 Å². The number of para-hydroxylation sites is 1. The highest BCUT2D eigenvalue weighted by Gasteiger charge is 2.41. The number of nitrogens with two attached hydrogens (primary N) is 1. The Bertz CT molecular complexity index is 1350. The number of halogens is 6. The molecule has 0 saturated heterocycles. The molecule has 0 bridgehead atoms. The van der Waals surface area contributed by atoms with Gasteiger partial charge in [0.15, 0.2) is 0 Å². The van der Waals surface area contributed by atoms with E-state index in [-0.39, 0.29) is 45.5 Å². The fraction of sp³-hybridized carbons (Fsp3) is 0.407. The van der Waals surface area contributed by atoms with Crippen molar-refractivity contribution in [2.45, 2.75) is 51.1 Å². The lowest BCUT2D eigenvalue weighted by molar-refractivity contribution is -0.146. The van der Waals surface area contributed by atoms with Gasteiger partial charge >= 0.3 is 6.18 Å². The maximum absolute atomic E-state index is 14.3. The molecular weight excluding hydrogens is 559 g/mol. The highest BCUT2D eigenvalue weighted by molar-refractivity contribution is 6.36. The summed E-state index contributed by atoms with van der Waals surface area (Å²) in [6.07, 6.45) is -6.70. The first kappa shape index (κ1) is 29.4. The van der Waals surface area contributed by atoms with Gasteiger partial charge in [0.2, 0.25) is 18.0 Å². The van der Waals surface area contributed by atoms with Crippen LogP contribution in [-0.4, -0.2) is 35.8 Å². The minimum absolute atomic E-state index is 0.0120. The lowest BCUT2D eigenvalue weighted by Gasteiger charge is -2.26. The zero-order valence-electron chi connectivity index (χ0n) is 21.0. The second-order valence-electron chi connectivity index (χ2n) is 9.97. The van der Waals surface area contributed by atoms with Crippen molar-refractivity contribution < 1.29 is 36.3 Å². The quantitative estimate of drug-likeness (QED) is 0.340. The standard InChI is InChI=1S/C27H26ClF5N4O3/c28-20-3-1-2-18-21(15-8-14(12-29)9-16(30)11-15)35-24(26(40)36-22(18)20)37-25(39)17(6-7-27(31,32)33)19(23(34)38)10-13-4-5-13/h1-3,8-9,11,13,17,19,24H,4-7,10,12H2,(H2,34,38)(H,36,40)(H,37,39)/t17-,19+,24-/m1/s1. The van der Waals surface area contributed by atoms with E-state index in [9.17, 15) is 36.3 Å². The smallest absolute Gasteiger partial charge is 0.369 e. The van der Waals surface area contributed by atoms with Crippen LogP contribution in [0.1, 0.15) is 48.8 Å². The van der Waals surface area contributed by atoms with Crippen molar-refractivity contribution in [2.75, 3.05) is 5.32 Å². The number of benzodiazepines with no additional fused rings is 1. The molecule has 2 aromatic carbocycles. The Kier molecular flexibility index (Phi) is 8.77. The molecule has 3 atom stereocenters. The highest BCUT2D eigenvalue weighted by Crippen LogP contribution is 2.39. The monoisotopic (exact) mass is 584 g/mol. The number of anilines is 1. The molecule has 4 rings (SSSR count). The average Bonchev–Trinajstić information content (AvgIpc) is 3.71. The number of nitrogens with one attached hydrogen (secondary N) is 2. The van der Waals surface area contributed by atoms with Crippen LogP contribution in [0.25, 0.3) is 0 Å². The van der Waals surface area contributed by atoms with Crippen LogP contribution in [0.15, 0.2) is 41.4 Å². The van der Waals surface area contributed by atoms with Gasteiger partial charge in [-0.2, -0.15) is 13.2 Å². The Balaban J connectivity index is 1.73. The lowest BCUT2D eigenvalue weighted by atomic mass is 9.83. The number of fused-ring (bicyclic) bond motifs is 1. The fourth-order valence-electron chi connectivity index (χ4n) is 4.76. The number of amides is 3. The molecule has 214 valence electrons. The molecule has 1 heterocycles. The van der Waals surface area contributed by atoms with E-state index in [4.69, 9.17) is 17.3 Å². The number of benzene rings is 2. The summed E-state index contributed by atoms with van der Waals surface area (Å²) in [6.45, 7) is -0.992. The molecule has 40 heavy (non-hydrogen) atoms. The normalized spacial score (nSPS) is 18.6. The van der Waals surface area contributed by atoms with Gasteiger partial charge in [0.25, 0.3) is 5.91 Å². The van der Waals surface area contributed by atoms with E-state index in [1.165, 1.54) is 18.2 Å². The molecule has 1 aliphatic carbocycles. The van der Waals surface area contributed by atoms with Crippen molar-refractivity contribution in [3.63, 3.8) is 0 Å². The summed E-state index contributed by atoms with van der Waals surface area (Å²) in [5, 5.41) is 4.98. The summed E-state index contributed by atoms with van der Waals surface area (Å²) < 4.78 is 67.1. The van der Waals surface area contributed by atoms with E-state index in [0.29, 0.717) is 0 Å². The third kappa shape index (κ3) is 7.15. The van der Waals surface area contributed by atoms with Crippen molar-refractivity contribution in [3.05, 3.63) is 63.9 Å². The minimum atomic E-state index is -4.60. The van der Waals surface area contributed by atoms with Crippen LogP contribution in [0.2, 0.25) is 5.02 Å². The fourth-order valence-corrected chi connectivity index (χ4v) is 4.98. The lowest BCUT2D eigenvalue weighted by Crippen LogP contribution is -2.48. The second kappa shape index (κ2) is 11.9. The van der Waals surface area contributed by atoms with Gasteiger partial charge in [-0.1, -0.05) is 36.6 Å². The van der Waals surface area contributed by atoms with Crippen LogP contribution in [-0.2, 0) is 21.1 Å². The number of primary amides is 1. The molecule has 7 nitrogen and oxygen atoms in total. The number of hydrogen-bond donors (Lipinski definition) is 3. The topological polar surface area (TPSA) is 114 Å². The molecular formula is C27H26ClF5N4O3. The summed E-state index contributed by atoms with van der Waals surface area (Å²) in [5.74, 6) is -6.19. The molecule has 13 heteroatoms. The van der Waals surface area contributed by atoms with Crippen LogP contribution < -0.4 is 16.4 Å². The largest absolute Gasteiger partial charge is 0.389 e. The van der Waals surface area contributed by atoms with Gasteiger partial charge in [0, 0.05) is 29.4 Å². The maximum Gasteiger partial charge on any atom is 0.389 e. The van der Waals surface area contributed by atoms with Gasteiger partial charge in [0.1, 0.15) is 12.5 Å². The van der Waals surface area contributed by atoms with Crippen molar-refractivity contribution >= 4 is 40.7 Å². The molecule has 4 N–H and O–H groups in total. The molecule has 1 aliphatic heterocycles. The molecule has 3 amide bonds. The Hall–Kier alpha value is -3.54. The number of rotatable bonds is 10. The highest BCUT2D eigenvalue weighted by atomic mass is 35.5. The van der Waals surface area contributed by atoms with E-state index in [1.54, 1.807) is 6.07 Å². The van der Waals surface area contributed by atoms with Gasteiger partial charge < -0.3 is 16.4 Å². The third-order valence-electron chi connectivity index (χ3n) is 6.90. The van der Waals surface area contributed by atoms with E-state index in [0.717, 1.165) is 25.0 Å². The first-order valence-electron chi connectivity index (χ1n) is 12.6. The average molecular weight is 585 g/mol. The number of aliphatic imine (C=N–C) groups is 1. The van der Waals surface area contributed by atoms with Crippen LogP contribution in [0.5, 0.6) is 0 Å². The van der Waals surface area contributed by atoms with E-state index >= 15 is 0 Å². The number of carbonyl (C=O) groups excluding carboxylic acids is 3. The Morgan fingerprint density at radius 2 is 1.90 bits per heavy atom. The van der Waals surface area contributed by atoms with Crippen molar-refractivity contribution in [1.82, 2.24) is 5.32 Å². The summed E-state index contributed by atoms with van der Waals surface area (Å²) in [7, 11) is 0. The Morgan fingerprint density at radius 1 is 1.18 bits per heavy atom. The molecule has 0 radical (unpaired) electrons. The van der Waals surface area contributed by atoms with Crippen LogP contribution in [0.4, 0.5) is 27.6 Å². The zero-order chi connectivity index (χ0) is 29.2. The van der Waals surface area contributed by atoms with Crippen LogP contribution in [0.3, 0.4) is 0 Å². The Labute approximate surface area is 231 Å². The maximum atomic E-state index is 14.3. The Morgan fingerprint density at radius 3 is 2.52 bits per heavy atom. The van der Waals surface area contributed by atoms with E-state index < -0.39 is 67.2 Å². The number of nitrogens with zero attached hydrogens (tertiary/aromatic N) is 1. The van der Waals surface area contributed by atoms with Crippen molar-refractivity contribution in [3.8, 4) is 0 Å². The molecule has 0 spiro atoms. The third-order valence-corrected chi connectivity index (χ3v) is 7.21. The van der Waals surface area contributed by atoms with Crippen LogP contribution >= 0.6 is 11.6 Å².